The fourth-order valence-electron chi connectivity index (χ4n) is 4.47. The van der Waals surface area contributed by atoms with Gasteiger partial charge in [-0.2, -0.15) is 0 Å². The van der Waals surface area contributed by atoms with Crippen molar-refractivity contribution in [1.82, 2.24) is 0 Å². The topological polar surface area (TPSA) is 114 Å². The van der Waals surface area contributed by atoms with Gasteiger partial charge in [0.15, 0.2) is 0 Å². The number of halogens is 1. The maximum atomic E-state index is 12.3. The highest BCUT2D eigenvalue weighted by molar-refractivity contribution is 6.17. The lowest BCUT2D eigenvalue weighted by molar-refractivity contribution is -0.116. The molecular formula is C31H43ClN4O5. The largest absolute Gasteiger partial charge is 0.443 e. The van der Waals surface area contributed by atoms with Gasteiger partial charge in [0, 0.05) is 36.8 Å². The van der Waals surface area contributed by atoms with E-state index in [1.807, 2.05) is 77.9 Å². The summed E-state index contributed by atoms with van der Waals surface area (Å²) in [5.74, 6) is 0.527. The number of hydrogen-bond donors (Lipinski definition) is 2. The van der Waals surface area contributed by atoms with Gasteiger partial charge in [0.25, 0.3) is 0 Å². The number of alkyl halides is 1. The first kappa shape index (κ1) is 32.1. The van der Waals surface area contributed by atoms with E-state index in [1.165, 1.54) is 0 Å². The van der Waals surface area contributed by atoms with Crippen molar-refractivity contribution in [3.05, 3.63) is 47.5 Å². The van der Waals surface area contributed by atoms with E-state index in [4.69, 9.17) is 26.8 Å². The van der Waals surface area contributed by atoms with Gasteiger partial charge in [-0.25, -0.2) is 9.59 Å². The lowest BCUT2D eigenvalue weighted by Gasteiger charge is -2.25. The second-order valence-corrected chi connectivity index (χ2v) is 12.6. The Labute approximate surface area is 248 Å². The van der Waals surface area contributed by atoms with Crippen LogP contribution in [0.15, 0.2) is 36.4 Å². The first-order valence-electron chi connectivity index (χ1n) is 14.0. The number of rotatable bonds is 5. The molecule has 4 rings (SSSR count). The third-order valence-electron chi connectivity index (χ3n) is 6.28. The molecule has 2 aliphatic rings. The van der Waals surface area contributed by atoms with Crippen LogP contribution < -0.4 is 20.9 Å². The zero-order chi connectivity index (χ0) is 30.4. The molecule has 224 valence electrons. The number of nitrogens with one attached hydrogen (secondary N) is 1. The van der Waals surface area contributed by atoms with E-state index in [1.54, 1.807) is 9.80 Å². The maximum Gasteiger partial charge on any atom is 0.414 e. The van der Waals surface area contributed by atoms with Gasteiger partial charge in [0.05, 0.1) is 11.4 Å². The molecule has 3 amide bonds. The van der Waals surface area contributed by atoms with Crippen LogP contribution >= 0.6 is 11.6 Å². The van der Waals surface area contributed by atoms with Crippen LogP contribution in [0, 0.1) is 0 Å². The van der Waals surface area contributed by atoms with Crippen molar-refractivity contribution in [1.29, 1.82) is 0 Å². The fraction of sp³-hybridized carbons (Fsp3) is 0.516. The van der Waals surface area contributed by atoms with Crippen molar-refractivity contribution in [3.8, 4) is 0 Å². The van der Waals surface area contributed by atoms with Crippen molar-refractivity contribution in [2.45, 2.75) is 84.8 Å². The van der Waals surface area contributed by atoms with E-state index in [-0.39, 0.29) is 18.1 Å². The molecule has 0 unspecified atom stereocenters. The summed E-state index contributed by atoms with van der Waals surface area (Å²) < 4.78 is 10.8. The third-order valence-corrected chi connectivity index (χ3v) is 6.55. The molecule has 2 heterocycles. The predicted molar refractivity (Wildman–Crippen MR) is 165 cm³/mol. The van der Waals surface area contributed by atoms with Gasteiger partial charge in [-0.05, 0) is 103 Å². The van der Waals surface area contributed by atoms with Crippen molar-refractivity contribution in [2.24, 2.45) is 0 Å². The Kier molecular flexibility index (Phi) is 10.5. The molecule has 2 aliphatic heterocycles. The Bertz CT molecular complexity index is 1250. The van der Waals surface area contributed by atoms with Crippen LogP contribution in [0.25, 0.3) is 0 Å². The number of ether oxygens (including phenoxy) is 2. The van der Waals surface area contributed by atoms with Crippen LogP contribution in [0.1, 0.15) is 71.9 Å². The lowest BCUT2D eigenvalue weighted by Crippen LogP contribution is -2.35. The molecule has 0 fully saturated rings. The second kappa shape index (κ2) is 13.5. The molecule has 0 aliphatic carbocycles. The van der Waals surface area contributed by atoms with Crippen LogP contribution in [0.4, 0.5) is 32.3 Å². The van der Waals surface area contributed by atoms with Crippen molar-refractivity contribution < 1.29 is 23.9 Å². The number of unbranched alkanes of at least 4 members (excludes halogenated alkanes) is 1. The highest BCUT2D eigenvalue weighted by atomic mass is 35.5. The average Bonchev–Trinajstić information content (AvgIpc) is 3.46. The zero-order valence-electron chi connectivity index (χ0n) is 25.0. The van der Waals surface area contributed by atoms with Gasteiger partial charge < -0.3 is 20.5 Å². The van der Waals surface area contributed by atoms with Gasteiger partial charge in [-0.15, -0.1) is 11.6 Å². The summed E-state index contributed by atoms with van der Waals surface area (Å²) >= 11 is 5.62. The van der Waals surface area contributed by atoms with Crippen molar-refractivity contribution >= 4 is 52.4 Å². The van der Waals surface area contributed by atoms with E-state index in [0.717, 1.165) is 48.2 Å². The van der Waals surface area contributed by atoms with Gasteiger partial charge in [-0.3, -0.25) is 14.6 Å². The number of carbonyl (C=O) groups is 3. The van der Waals surface area contributed by atoms with E-state index < -0.39 is 11.2 Å². The molecule has 2 aromatic carbocycles. The van der Waals surface area contributed by atoms with Crippen LogP contribution in [0.5, 0.6) is 0 Å². The summed E-state index contributed by atoms with van der Waals surface area (Å²) in [6.07, 6.45) is 3.02. The van der Waals surface area contributed by atoms with Gasteiger partial charge >= 0.3 is 12.2 Å². The minimum atomic E-state index is -0.534. The second-order valence-electron chi connectivity index (χ2n) is 12.2. The Morgan fingerprint density at radius 2 is 1.34 bits per heavy atom. The van der Waals surface area contributed by atoms with E-state index in [2.05, 4.69) is 5.32 Å². The molecule has 0 bridgehead atoms. The molecule has 2 aromatic rings. The number of nitrogens with zero attached hydrogens (tertiary/aromatic N) is 2. The quantitative estimate of drug-likeness (QED) is 0.224. The van der Waals surface area contributed by atoms with E-state index in [0.29, 0.717) is 36.8 Å². The number of amides is 3. The average molecular weight is 587 g/mol. The monoisotopic (exact) mass is 586 g/mol. The summed E-state index contributed by atoms with van der Waals surface area (Å²) in [6, 6.07) is 11.3. The van der Waals surface area contributed by atoms with Crippen LogP contribution in [-0.4, -0.2) is 48.3 Å². The Balaban J connectivity index is 0.000000239. The van der Waals surface area contributed by atoms with Gasteiger partial charge in [0.1, 0.15) is 11.2 Å². The van der Waals surface area contributed by atoms with Gasteiger partial charge in [-0.1, -0.05) is 12.1 Å². The summed E-state index contributed by atoms with van der Waals surface area (Å²) in [7, 11) is 0. The molecule has 3 N–H and O–H groups in total. The molecule has 0 radical (unpaired) electrons. The Morgan fingerprint density at radius 1 is 0.829 bits per heavy atom. The normalized spacial score (nSPS) is 14.0. The summed E-state index contributed by atoms with van der Waals surface area (Å²) in [4.78, 5) is 39.5. The van der Waals surface area contributed by atoms with Crippen molar-refractivity contribution in [2.75, 3.05) is 39.8 Å². The highest BCUT2D eigenvalue weighted by Crippen LogP contribution is 2.33. The predicted octanol–water partition coefficient (Wildman–Crippen LogP) is 6.90. The summed E-state index contributed by atoms with van der Waals surface area (Å²) in [5.41, 5.74) is 10.0. The highest BCUT2D eigenvalue weighted by Gasteiger charge is 2.30. The smallest absolute Gasteiger partial charge is 0.414 e. The number of anilines is 4. The van der Waals surface area contributed by atoms with Crippen molar-refractivity contribution in [3.63, 3.8) is 0 Å². The molecule has 0 atom stereocenters. The minimum absolute atomic E-state index is 0.0399. The minimum Gasteiger partial charge on any atom is -0.443 e. The zero-order valence-corrected chi connectivity index (χ0v) is 25.8. The molecule has 41 heavy (non-hydrogen) atoms. The lowest BCUT2D eigenvalue weighted by atomic mass is 10.1. The van der Waals surface area contributed by atoms with E-state index in [9.17, 15) is 14.4 Å². The first-order chi connectivity index (χ1) is 19.2. The molecule has 0 saturated carbocycles. The number of benzene rings is 2. The standard InChI is InChI=1S/C18H25ClN2O3.C13H18N2O2/c1-18(2,3)24-17(23)21-11-9-13-7-8-14(12-15(13)21)20-16(22)6-4-5-10-19;1-13(2,3)17-12(16)15-7-6-9-4-5-10(14)8-11(9)15/h7-8,12H,4-6,9-11H2,1-3H3,(H,20,22);4-5,8H,6-7,14H2,1-3H3. The summed E-state index contributed by atoms with van der Waals surface area (Å²) in [6.45, 7) is 12.4. The number of fused-ring (bicyclic) bond motifs is 2. The molecule has 0 aromatic heterocycles. The molecule has 10 heteroatoms. The number of nitrogens with two attached hydrogens (primary N) is 1. The SMILES string of the molecule is CC(C)(C)OC(=O)N1CCc2ccc(N)cc21.CC(C)(C)OC(=O)N1CCc2ccc(NC(=O)CCCCCl)cc21. The van der Waals surface area contributed by atoms with Crippen LogP contribution in [0.2, 0.25) is 0 Å². The Morgan fingerprint density at radius 3 is 1.85 bits per heavy atom. The number of carbonyl (C=O) groups excluding carboxylic acids is 3. The molecular weight excluding hydrogens is 544 g/mol. The van der Waals surface area contributed by atoms with E-state index >= 15 is 0 Å². The molecule has 0 saturated heterocycles. The van der Waals surface area contributed by atoms with Gasteiger partial charge in [0.2, 0.25) is 5.91 Å². The summed E-state index contributed by atoms with van der Waals surface area (Å²) in [5, 5.41) is 2.88. The fourth-order valence-corrected chi connectivity index (χ4v) is 4.66. The number of nitrogen functional groups attached to an aromatic ring is 1. The molecule has 0 spiro atoms. The van der Waals surface area contributed by atoms with Crippen LogP contribution in [0.3, 0.4) is 0 Å². The van der Waals surface area contributed by atoms with Crippen LogP contribution in [-0.2, 0) is 27.1 Å². The maximum absolute atomic E-state index is 12.3. The number of hydrogen-bond acceptors (Lipinski definition) is 6. The molecule has 9 nitrogen and oxygen atoms in total. The first-order valence-corrected chi connectivity index (χ1v) is 14.6. The Hall–Kier alpha value is -3.46. The third kappa shape index (κ3) is 9.56.